The summed E-state index contributed by atoms with van der Waals surface area (Å²) in [6.45, 7) is 0.477. The molecule has 2 heterocycles. The Bertz CT molecular complexity index is 765. The highest BCUT2D eigenvalue weighted by molar-refractivity contribution is 7.89. The fraction of sp³-hybridized carbons (Fsp3) is 0.364. The molecule has 20 heavy (non-hydrogen) atoms. The smallest absolute Gasteiger partial charge is 0.303 e. The van der Waals surface area contributed by atoms with Crippen molar-refractivity contribution < 1.29 is 18.3 Å². The van der Waals surface area contributed by atoms with E-state index in [0.717, 1.165) is 11.7 Å². The number of benzene rings is 1. The van der Waals surface area contributed by atoms with Gasteiger partial charge in [0.2, 0.25) is 10.0 Å². The Morgan fingerprint density at radius 2 is 2.15 bits per heavy atom. The van der Waals surface area contributed by atoms with Crippen LogP contribution in [0.15, 0.2) is 23.1 Å². The third-order valence-corrected chi connectivity index (χ3v) is 5.66. The van der Waals surface area contributed by atoms with Crippen molar-refractivity contribution >= 4 is 38.8 Å². The second-order valence-corrected chi connectivity index (χ2v) is 7.11. The molecule has 1 saturated heterocycles. The van der Waals surface area contributed by atoms with E-state index >= 15 is 0 Å². The summed E-state index contributed by atoms with van der Waals surface area (Å²) in [5.41, 5.74) is 0.929. The summed E-state index contributed by atoms with van der Waals surface area (Å²) in [6.07, 6.45) is -0.00548. The Kier molecular flexibility index (Phi) is 3.19. The highest BCUT2D eigenvalue weighted by Gasteiger charge is 2.38. The maximum Gasteiger partial charge on any atom is 0.303 e. The van der Waals surface area contributed by atoms with Gasteiger partial charge < -0.3 is 5.11 Å². The van der Waals surface area contributed by atoms with Crippen LogP contribution in [0, 0.1) is 5.92 Å². The quantitative estimate of drug-likeness (QED) is 0.895. The van der Waals surface area contributed by atoms with Crippen LogP contribution in [0.4, 0.5) is 0 Å². The highest BCUT2D eigenvalue weighted by Crippen LogP contribution is 2.30. The molecular weight excluding hydrogens is 302 g/mol. The number of aromatic nitrogens is 2. The van der Waals surface area contributed by atoms with Crippen LogP contribution in [0.3, 0.4) is 0 Å². The molecule has 9 heteroatoms. The third kappa shape index (κ3) is 2.17. The number of rotatable bonds is 4. The summed E-state index contributed by atoms with van der Waals surface area (Å²) in [4.78, 5) is 10.7. The first kappa shape index (κ1) is 13.4. The number of fused-ring (bicyclic) bond motifs is 1. The van der Waals surface area contributed by atoms with Gasteiger partial charge in [-0.2, -0.15) is 13.1 Å². The maximum absolute atomic E-state index is 12.5. The number of nitrogens with zero attached hydrogens (tertiary/aromatic N) is 3. The van der Waals surface area contributed by atoms with Crippen LogP contribution in [0.2, 0.25) is 0 Å². The molecule has 1 aromatic heterocycles. The van der Waals surface area contributed by atoms with Crippen LogP contribution in [0.5, 0.6) is 0 Å². The van der Waals surface area contributed by atoms with Crippen LogP contribution in [-0.2, 0) is 14.8 Å². The van der Waals surface area contributed by atoms with E-state index in [0.29, 0.717) is 11.0 Å². The van der Waals surface area contributed by atoms with Crippen LogP contribution in [0.1, 0.15) is 6.42 Å². The van der Waals surface area contributed by atoms with Crippen molar-refractivity contribution in [1.29, 1.82) is 0 Å². The first-order valence-electron chi connectivity index (χ1n) is 5.91. The lowest BCUT2D eigenvalue weighted by molar-refractivity contribution is -0.139. The molecule has 1 N–H and O–H groups in total. The van der Waals surface area contributed by atoms with Crippen LogP contribution in [0.25, 0.3) is 11.0 Å². The number of hydrogen-bond donors (Lipinski definition) is 1. The van der Waals surface area contributed by atoms with Gasteiger partial charge in [0.15, 0.2) is 0 Å². The first-order valence-corrected chi connectivity index (χ1v) is 8.09. The number of carboxylic acids is 1. The predicted molar refractivity (Wildman–Crippen MR) is 71.9 cm³/mol. The zero-order valence-corrected chi connectivity index (χ0v) is 11.9. The van der Waals surface area contributed by atoms with Crippen molar-refractivity contribution in [2.24, 2.45) is 5.92 Å². The van der Waals surface area contributed by atoms with Crippen molar-refractivity contribution in [1.82, 2.24) is 13.1 Å². The molecule has 1 fully saturated rings. The zero-order valence-electron chi connectivity index (χ0n) is 10.3. The predicted octanol–water partition coefficient (Wildman–Crippen LogP) is 0.786. The summed E-state index contributed by atoms with van der Waals surface area (Å²) in [6, 6.07) is 4.84. The van der Waals surface area contributed by atoms with E-state index in [-0.39, 0.29) is 30.3 Å². The fourth-order valence-corrected chi connectivity index (χ4v) is 4.57. The molecule has 106 valence electrons. The SMILES string of the molecule is O=C(O)CC1CN(S(=O)(=O)c2cccc3nsnc23)C1. The Balaban J connectivity index is 1.87. The molecule has 1 aromatic carbocycles. The fourth-order valence-electron chi connectivity index (χ4n) is 2.22. The van der Waals surface area contributed by atoms with Crippen LogP contribution >= 0.6 is 11.7 Å². The number of aliphatic carboxylic acids is 1. The third-order valence-electron chi connectivity index (χ3n) is 3.25. The normalized spacial score (nSPS) is 17.2. The van der Waals surface area contributed by atoms with Crippen LogP contribution < -0.4 is 0 Å². The molecule has 0 radical (unpaired) electrons. The number of hydrogen-bond acceptors (Lipinski definition) is 6. The van der Waals surface area contributed by atoms with Gasteiger partial charge in [-0.1, -0.05) is 6.07 Å². The molecule has 0 spiro atoms. The Morgan fingerprint density at radius 1 is 1.40 bits per heavy atom. The van der Waals surface area contributed by atoms with Gasteiger partial charge in [-0.3, -0.25) is 4.79 Å². The molecular formula is C11H11N3O4S2. The maximum atomic E-state index is 12.5. The molecule has 3 rings (SSSR count). The van der Waals surface area contributed by atoms with Crippen molar-refractivity contribution in [3.8, 4) is 0 Å². The van der Waals surface area contributed by atoms with E-state index in [4.69, 9.17) is 5.11 Å². The minimum atomic E-state index is -3.62. The van der Waals surface area contributed by atoms with E-state index in [1.807, 2.05) is 0 Å². The lowest BCUT2D eigenvalue weighted by Gasteiger charge is -2.37. The number of carboxylic acid groups (broad SMARTS) is 1. The molecule has 1 aliphatic rings. The zero-order chi connectivity index (χ0) is 14.3. The minimum absolute atomic E-state index is 0.00548. The molecule has 1 aliphatic heterocycles. The lowest BCUT2D eigenvalue weighted by Crippen LogP contribution is -2.50. The molecule has 0 atom stereocenters. The van der Waals surface area contributed by atoms with Crippen molar-refractivity contribution in [3.05, 3.63) is 18.2 Å². The molecule has 0 unspecified atom stereocenters. The second kappa shape index (κ2) is 4.76. The molecule has 0 bridgehead atoms. The van der Waals surface area contributed by atoms with E-state index in [1.165, 1.54) is 10.4 Å². The van der Waals surface area contributed by atoms with Crippen molar-refractivity contribution in [2.75, 3.05) is 13.1 Å². The molecule has 0 saturated carbocycles. The minimum Gasteiger partial charge on any atom is -0.481 e. The van der Waals surface area contributed by atoms with E-state index in [9.17, 15) is 13.2 Å². The molecule has 0 aliphatic carbocycles. The van der Waals surface area contributed by atoms with Gasteiger partial charge in [0.25, 0.3) is 0 Å². The van der Waals surface area contributed by atoms with Gasteiger partial charge in [-0.15, -0.1) is 0 Å². The average Bonchev–Trinajstić information content (AvgIpc) is 2.80. The summed E-state index contributed by atoms with van der Waals surface area (Å²) in [7, 11) is -3.62. The standard InChI is InChI=1S/C11H11N3O4S2/c15-10(16)4-7-5-14(6-7)20(17,18)9-3-1-2-8-11(9)13-19-12-8/h1-3,7H,4-6H2,(H,15,16). The Hall–Kier alpha value is -1.58. The molecule has 2 aromatic rings. The molecule has 0 amide bonds. The van der Waals surface area contributed by atoms with Gasteiger partial charge in [0.1, 0.15) is 15.9 Å². The number of sulfonamides is 1. The summed E-state index contributed by atoms with van der Waals surface area (Å²) < 4.78 is 34.3. The number of carbonyl (C=O) groups is 1. The van der Waals surface area contributed by atoms with E-state index in [2.05, 4.69) is 8.75 Å². The average molecular weight is 313 g/mol. The van der Waals surface area contributed by atoms with Gasteiger partial charge in [0.05, 0.1) is 18.1 Å². The van der Waals surface area contributed by atoms with Crippen molar-refractivity contribution in [2.45, 2.75) is 11.3 Å². The topological polar surface area (TPSA) is 100 Å². The summed E-state index contributed by atoms with van der Waals surface area (Å²) >= 11 is 0.969. The largest absolute Gasteiger partial charge is 0.481 e. The molecule has 7 nitrogen and oxygen atoms in total. The van der Waals surface area contributed by atoms with Gasteiger partial charge >= 0.3 is 5.97 Å². The summed E-state index contributed by atoms with van der Waals surface area (Å²) in [5.74, 6) is -1.02. The highest BCUT2D eigenvalue weighted by atomic mass is 32.2. The van der Waals surface area contributed by atoms with E-state index in [1.54, 1.807) is 12.1 Å². The van der Waals surface area contributed by atoms with Gasteiger partial charge in [-0.25, -0.2) is 8.42 Å². The van der Waals surface area contributed by atoms with Crippen LogP contribution in [-0.4, -0.2) is 45.6 Å². The second-order valence-electron chi connectivity index (χ2n) is 4.67. The van der Waals surface area contributed by atoms with Gasteiger partial charge in [0, 0.05) is 13.1 Å². The lowest BCUT2D eigenvalue weighted by atomic mass is 10.00. The Labute approximate surface area is 119 Å². The van der Waals surface area contributed by atoms with Crippen molar-refractivity contribution in [3.63, 3.8) is 0 Å². The first-order chi connectivity index (χ1) is 9.48. The van der Waals surface area contributed by atoms with Gasteiger partial charge in [-0.05, 0) is 18.1 Å². The summed E-state index contributed by atoms with van der Waals surface area (Å²) in [5, 5.41) is 8.68. The Morgan fingerprint density at radius 3 is 2.85 bits per heavy atom. The monoisotopic (exact) mass is 313 g/mol. The van der Waals surface area contributed by atoms with E-state index < -0.39 is 16.0 Å².